The number of nitrogens with zero attached hydrogens (tertiary/aromatic N) is 1. The molecule has 1 heterocycles. The molecule has 2 atom stereocenters. The molecule has 1 aliphatic heterocycles. The van der Waals surface area contributed by atoms with Crippen molar-refractivity contribution in [2.45, 2.75) is 24.0 Å². The zero-order chi connectivity index (χ0) is 21.3. The Kier molecular flexibility index (Phi) is 5.13. The first-order valence-electron chi connectivity index (χ1n) is 9.35. The highest BCUT2D eigenvalue weighted by Crippen LogP contribution is 2.38. The number of carbonyl (C=O) groups is 2. The lowest BCUT2D eigenvalue weighted by Gasteiger charge is -2.23. The van der Waals surface area contributed by atoms with Crippen LogP contribution in [-0.4, -0.2) is 30.6 Å². The number of hydrogen-bond donors (Lipinski definition) is 0. The molecule has 3 aromatic rings. The minimum Gasteiger partial charge on any atom is -0.438 e. The summed E-state index contributed by atoms with van der Waals surface area (Å²) in [5.41, 5.74) is 1.71. The Morgan fingerprint density at radius 3 is 2.03 bits per heavy atom. The molecule has 30 heavy (non-hydrogen) atoms. The number of ketones is 1. The smallest absolute Gasteiger partial charge is 0.425 e. The SMILES string of the molecule is Cc1ccc(S(=O)(=O)N2C(=O)O[C@@H](c3ccccc3)[C@@H]2C(=O)c2ccccc2)cc1. The Labute approximate surface area is 174 Å². The maximum atomic E-state index is 13.4. The molecule has 1 aliphatic rings. The van der Waals surface area contributed by atoms with Crippen LogP contribution in [-0.2, 0) is 14.8 Å². The van der Waals surface area contributed by atoms with Crippen LogP contribution in [0.5, 0.6) is 0 Å². The average molecular weight is 421 g/mol. The summed E-state index contributed by atoms with van der Waals surface area (Å²) in [6.07, 6.45) is -2.12. The standard InChI is InChI=1S/C23H19NO5S/c1-16-12-14-19(15-13-16)30(27,28)24-20(21(25)17-8-4-2-5-9-17)22(29-23(24)26)18-10-6-3-7-11-18/h2-15,20,22H,1H3/t20-,22-/m0/s1. The van der Waals surface area contributed by atoms with Gasteiger partial charge in [-0.1, -0.05) is 78.4 Å². The van der Waals surface area contributed by atoms with Gasteiger partial charge in [0.15, 0.2) is 17.9 Å². The fourth-order valence-corrected chi connectivity index (χ4v) is 4.89. The second-order valence-corrected chi connectivity index (χ2v) is 8.82. The van der Waals surface area contributed by atoms with Crippen molar-refractivity contribution in [2.24, 2.45) is 0 Å². The monoisotopic (exact) mass is 421 g/mol. The van der Waals surface area contributed by atoms with Gasteiger partial charge in [0.1, 0.15) is 0 Å². The van der Waals surface area contributed by atoms with E-state index in [4.69, 9.17) is 4.74 Å². The van der Waals surface area contributed by atoms with E-state index in [9.17, 15) is 18.0 Å². The van der Waals surface area contributed by atoms with Crippen LogP contribution >= 0.6 is 0 Å². The molecule has 0 N–H and O–H groups in total. The Hall–Kier alpha value is -3.45. The maximum absolute atomic E-state index is 13.4. The van der Waals surface area contributed by atoms with Crippen molar-refractivity contribution in [2.75, 3.05) is 0 Å². The van der Waals surface area contributed by atoms with E-state index >= 15 is 0 Å². The Balaban J connectivity index is 1.84. The molecule has 1 fully saturated rings. The van der Waals surface area contributed by atoms with E-state index in [0.717, 1.165) is 5.56 Å². The lowest BCUT2D eigenvalue weighted by molar-refractivity contribution is 0.0856. The van der Waals surface area contributed by atoms with Crippen LogP contribution in [0.1, 0.15) is 27.6 Å². The molecule has 0 bridgehead atoms. The predicted octanol–water partition coefficient (Wildman–Crippen LogP) is 4.13. The third-order valence-electron chi connectivity index (χ3n) is 4.98. The summed E-state index contributed by atoms with van der Waals surface area (Å²) in [6.45, 7) is 1.83. The molecule has 4 rings (SSSR count). The number of hydrogen-bond acceptors (Lipinski definition) is 5. The van der Waals surface area contributed by atoms with Gasteiger partial charge in [0.25, 0.3) is 10.0 Å². The minimum atomic E-state index is -4.31. The van der Waals surface area contributed by atoms with E-state index in [1.54, 1.807) is 72.8 Å². The molecule has 1 saturated heterocycles. The van der Waals surface area contributed by atoms with Gasteiger partial charge in [-0.05, 0) is 24.6 Å². The van der Waals surface area contributed by atoms with Crippen molar-refractivity contribution >= 4 is 21.9 Å². The number of cyclic esters (lactones) is 1. The third-order valence-corrected chi connectivity index (χ3v) is 6.74. The predicted molar refractivity (Wildman–Crippen MR) is 110 cm³/mol. The quantitative estimate of drug-likeness (QED) is 0.579. The van der Waals surface area contributed by atoms with Crippen LogP contribution in [0.4, 0.5) is 4.79 Å². The molecule has 6 nitrogen and oxygen atoms in total. The number of Topliss-reactive ketones (excluding diaryl/α,β-unsaturated/α-hetero) is 1. The number of aryl methyl sites for hydroxylation is 1. The van der Waals surface area contributed by atoms with E-state index in [1.165, 1.54) is 12.1 Å². The molecular weight excluding hydrogens is 402 g/mol. The summed E-state index contributed by atoms with van der Waals surface area (Å²) >= 11 is 0. The Bertz CT molecular complexity index is 1180. The van der Waals surface area contributed by atoms with Crippen molar-refractivity contribution in [3.8, 4) is 0 Å². The highest BCUT2D eigenvalue weighted by Gasteiger charge is 2.53. The van der Waals surface area contributed by atoms with Gasteiger partial charge in [0.2, 0.25) is 0 Å². The molecule has 1 amide bonds. The zero-order valence-corrected chi connectivity index (χ0v) is 17.0. The van der Waals surface area contributed by atoms with Crippen molar-refractivity contribution in [3.63, 3.8) is 0 Å². The molecule has 152 valence electrons. The number of rotatable bonds is 5. The number of ether oxygens (including phenoxy) is 1. The zero-order valence-electron chi connectivity index (χ0n) is 16.1. The fourth-order valence-electron chi connectivity index (χ4n) is 3.44. The molecule has 0 saturated carbocycles. The molecule has 3 aromatic carbocycles. The molecule has 7 heteroatoms. The van der Waals surface area contributed by atoms with Gasteiger partial charge in [0, 0.05) is 5.56 Å². The van der Waals surface area contributed by atoms with Gasteiger partial charge in [-0.3, -0.25) is 4.79 Å². The molecule has 0 spiro atoms. The molecule has 0 aromatic heterocycles. The van der Waals surface area contributed by atoms with Crippen LogP contribution in [0.15, 0.2) is 89.8 Å². The van der Waals surface area contributed by atoms with Gasteiger partial charge in [-0.2, -0.15) is 4.31 Å². The summed E-state index contributed by atoms with van der Waals surface area (Å²) in [7, 11) is -4.31. The van der Waals surface area contributed by atoms with Crippen molar-refractivity contribution < 1.29 is 22.7 Å². The van der Waals surface area contributed by atoms with Crippen molar-refractivity contribution in [3.05, 3.63) is 102 Å². The fraction of sp³-hybridized carbons (Fsp3) is 0.130. The lowest BCUT2D eigenvalue weighted by Crippen LogP contribution is -2.44. The Morgan fingerprint density at radius 2 is 1.43 bits per heavy atom. The number of benzene rings is 3. The summed E-state index contributed by atoms with van der Waals surface area (Å²) in [4.78, 5) is 26.1. The van der Waals surface area contributed by atoms with Gasteiger partial charge >= 0.3 is 6.09 Å². The van der Waals surface area contributed by atoms with E-state index in [0.29, 0.717) is 15.4 Å². The molecule has 0 radical (unpaired) electrons. The van der Waals surface area contributed by atoms with Gasteiger partial charge in [-0.25, -0.2) is 13.2 Å². The summed E-state index contributed by atoms with van der Waals surface area (Å²) < 4.78 is 32.7. The number of carbonyl (C=O) groups excluding carboxylic acids is 2. The molecular formula is C23H19NO5S. The number of sulfonamides is 1. The second kappa shape index (κ2) is 7.76. The van der Waals surface area contributed by atoms with E-state index in [-0.39, 0.29) is 4.90 Å². The lowest BCUT2D eigenvalue weighted by atomic mass is 9.95. The number of amides is 1. The second-order valence-electron chi connectivity index (χ2n) is 7.00. The normalized spacial score (nSPS) is 18.8. The molecule has 0 unspecified atom stereocenters. The first-order valence-corrected chi connectivity index (χ1v) is 10.8. The topological polar surface area (TPSA) is 80.8 Å². The van der Waals surface area contributed by atoms with Crippen LogP contribution in [0, 0.1) is 6.92 Å². The summed E-state index contributed by atoms with van der Waals surface area (Å²) in [5.74, 6) is -0.508. The van der Waals surface area contributed by atoms with Crippen LogP contribution in [0.3, 0.4) is 0 Å². The largest absolute Gasteiger partial charge is 0.438 e. The molecule has 0 aliphatic carbocycles. The first kappa shape index (κ1) is 19.8. The van der Waals surface area contributed by atoms with Gasteiger partial charge < -0.3 is 4.74 Å². The van der Waals surface area contributed by atoms with Gasteiger partial charge in [0.05, 0.1) is 4.90 Å². The van der Waals surface area contributed by atoms with Crippen molar-refractivity contribution in [1.82, 2.24) is 4.31 Å². The van der Waals surface area contributed by atoms with E-state index in [2.05, 4.69) is 0 Å². The van der Waals surface area contributed by atoms with E-state index < -0.39 is 34.0 Å². The Morgan fingerprint density at radius 1 is 0.867 bits per heavy atom. The van der Waals surface area contributed by atoms with Crippen LogP contribution in [0.2, 0.25) is 0 Å². The highest BCUT2D eigenvalue weighted by atomic mass is 32.2. The first-order chi connectivity index (χ1) is 14.4. The third kappa shape index (κ3) is 3.48. The van der Waals surface area contributed by atoms with E-state index in [1.807, 2.05) is 6.92 Å². The van der Waals surface area contributed by atoms with Gasteiger partial charge in [-0.15, -0.1) is 0 Å². The maximum Gasteiger partial charge on any atom is 0.425 e. The van der Waals surface area contributed by atoms with Crippen molar-refractivity contribution in [1.29, 1.82) is 0 Å². The van der Waals surface area contributed by atoms with Crippen LogP contribution in [0.25, 0.3) is 0 Å². The summed E-state index contributed by atoms with van der Waals surface area (Å²) in [6, 6.07) is 21.7. The van der Waals surface area contributed by atoms with Crippen LogP contribution < -0.4 is 0 Å². The summed E-state index contributed by atoms with van der Waals surface area (Å²) in [5, 5.41) is 0. The highest BCUT2D eigenvalue weighted by molar-refractivity contribution is 7.89. The minimum absolute atomic E-state index is 0.0791. The average Bonchev–Trinajstić information content (AvgIpc) is 3.12.